The number of benzene rings is 2. The van der Waals surface area contributed by atoms with Crippen molar-refractivity contribution in [1.82, 2.24) is 9.55 Å². The number of rotatable bonds is 1. The molecule has 0 unspecified atom stereocenters. The fourth-order valence-corrected chi connectivity index (χ4v) is 3.66. The van der Waals surface area contributed by atoms with Crippen molar-refractivity contribution < 1.29 is 0 Å². The molecule has 4 rings (SSSR count). The van der Waals surface area contributed by atoms with Gasteiger partial charge in [-0.25, -0.2) is 4.98 Å². The molecule has 0 bridgehead atoms. The molecule has 0 aliphatic carbocycles. The van der Waals surface area contributed by atoms with E-state index in [0.29, 0.717) is 5.56 Å². The van der Waals surface area contributed by atoms with Gasteiger partial charge in [0.05, 0.1) is 27.5 Å². The highest BCUT2D eigenvalue weighted by molar-refractivity contribution is 7.22. The highest BCUT2D eigenvalue weighted by atomic mass is 32.1. The Morgan fingerprint density at radius 2 is 2.00 bits per heavy atom. The van der Waals surface area contributed by atoms with Crippen molar-refractivity contribution in [1.29, 1.82) is 5.26 Å². The number of nitrogens with zero attached hydrogens (tertiary/aromatic N) is 3. The topological polar surface area (TPSA) is 41.6 Å². The Hall–Kier alpha value is -2.64. The van der Waals surface area contributed by atoms with Gasteiger partial charge in [0, 0.05) is 11.7 Å². The third-order valence-corrected chi connectivity index (χ3v) is 4.77. The quantitative estimate of drug-likeness (QED) is 0.523. The largest absolute Gasteiger partial charge is 0.326 e. The predicted octanol–water partition coefficient (Wildman–Crippen LogP) is 4.33. The summed E-state index contributed by atoms with van der Waals surface area (Å²) in [4.78, 5) is 5.86. The maximum Gasteiger partial charge on any atom is 0.151 e. The van der Waals surface area contributed by atoms with Gasteiger partial charge in [-0.1, -0.05) is 18.2 Å². The van der Waals surface area contributed by atoms with Crippen molar-refractivity contribution in [2.45, 2.75) is 0 Å². The molecule has 3 nitrogen and oxygen atoms in total. The van der Waals surface area contributed by atoms with Crippen molar-refractivity contribution in [3.8, 4) is 16.8 Å². The van der Waals surface area contributed by atoms with E-state index in [4.69, 9.17) is 10.2 Å². The van der Waals surface area contributed by atoms with Gasteiger partial charge in [0.15, 0.2) is 5.82 Å². The first-order valence-electron chi connectivity index (χ1n) is 6.62. The third-order valence-electron chi connectivity index (χ3n) is 3.66. The van der Waals surface area contributed by atoms with Gasteiger partial charge in [0.25, 0.3) is 0 Å². The van der Waals surface area contributed by atoms with Gasteiger partial charge in [0.2, 0.25) is 0 Å². The molecule has 0 fully saturated rings. The minimum absolute atomic E-state index is 0.661. The van der Waals surface area contributed by atoms with E-state index in [2.05, 4.69) is 34.9 Å². The molecule has 2 aromatic heterocycles. The Kier molecular flexibility index (Phi) is 2.56. The van der Waals surface area contributed by atoms with Crippen LogP contribution in [0.5, 0.6) is 0 Å². The minimum atomic E-state index is 0.661. The monoisotopic (exact) mass is 289 g/mol. The second-order valence-corrected chi connectivity index (χ2v) is 6.04. The van der Waals surface area contributed by atoms with Crippen LogP contribution in [0.1, 0.15) is 5.56 Å². The summed E-state index contributed by atoms with van der Waals surface area (Å²) in [6.45, 7) is 0. The van der Waals surface area contributed by atoms with Crippen LogP contribution in [0, 0.1) is 11.3 Å². The summed E-state index contributed by atoms with van der Waals surface area (Å²) in [7, 11) is 2.00. The number of hydrogen-bond donors (Lipinski definition) is 0. The van der Waals surface area contributed by atoms with Crippen LogP contribution in [-0.4, -0.2) is 9.55 Å². The molecule has 100 valence electrons. The smallest absolute Gasteiger partial charge is 0.151 e. The normalized spacial score (nSPS) is 11.0. The zero-order valence-electron chi connectivity index (χ0n) is 11.4. The fourth-order valence-electron chi connectivity index (χ4n) is 2.57. The Morgan fingerprint density at radius 1 is 1.14 bits per heavy atom. The van der Waals surface area contributed by atoms with E-state index in [1.165, 1.54) is 10.1 Å². The Balaban J connectivity index is 1.97. The lowest BCUT2D eigenvalue weighted by molar-refractivity contribution is 0.963. The van der Waals surface area contributed by atoms with Crippen LogP contribution in [0.15, 0.2) is 48.5 Å². The minimum Gasteiger partial charge on any atom is -0.326 e. The van der Waals surface area contributed by atoms with Crippen LogP contribution in [0.3, 0.4) is 0 Å². The molecule has 2 heterocycles. The molecular formula is C17H11N3S. The molecule has 0 saturated heterocycles. The fraction of sp³-hybridized carbons (Fsp3) is 0.0588. The van der Waals surface area contributed by atoms with Gasteiger partial charge in [-0.05, 0) is 35.7 Å². The van der Waals surface area contributed by atoms with Crippen molar-refractivity contribution >= 4 is 32.5 Å². The first kappa shape index (κ1) is 12.1. The van der Waals surface area contributed by atoms with E-state index < -0.39 is 0 Å². The van der Waals surface area contributed by atoms with Crippen LogP contribution < -0.4 is 0 Å². The number of fused-ring (bicyclic) bond motifs is 2. The van der Waals surface area contributed by atoms with E-state index >= 15 is 0 Å². The van der Waals surface area contributed by atoms with Crippen LogP contribution >= 0.6 is 11.3 Å². The SMILES string of the molecule is Cn1c(-c2cc3ccccc3s2)nc2ccc(C#N)cc21. The summed E-state index contributed by atoms with van der Waals surface area (Å²) < 4.78 is 3.32. The van der Waals surface area contributed by atoms with Crippen molar-refractivity contribution in [3.05, 3.63) is 54.1 Å². The lowest BCUT2D eigenvalue weighted by Gasteiger charge is -1.99. The Morgan fingerprint density at radius 3 is 2.81 bits per heavy atom. The molecule has 2 aromatic carbocycles. The van der Waals surface area contributed by atoms with Crippen LogP contribution in [0.4, 0.5) is 0 Å². The Bertz CT molecular complexity index is 985. The van der Waals surface area contributed by atoms with Crippen molar-refractivity contribution in [2.75, 3.05) is 0 Å². The van der Waals surface area contributed by atoms with Gasteiger partial charge in [0.1, 0.15) is 0 Å². The molecule has 0 spiro atoms. The van der Waals surface area contributed by atoms with Gasteiger partial charge in [-0.15, -0.1) is 11.3 Å². The summed E-state index contributed by atoms with van der Waals surface area (Å²) in [6.07, 6.45) is 0. The van der Waals surface area contributed by atoms with Crippen LogP contribution in [0.2, 0.25) is 0 Å². The first-order chi connectivity index (χ1) is 10.3. The van der Waals surface area contributed by atoms with E-state index in [0.717, 1.165) is 21.7 Å². The molecule has 4 aromatic rings. The van der Waals surface area contributed by atoms with Crippen molar-refractivity contribution in [3.63, 3.8) is 0 Å². The number of imidazole rings is 1. The third kappa shape index (κ3) is 1.83. The molecule has 0 aliphatic rings. The maximum absolute atomic E-state index is 9.03. The molecule has 0 radical (unpaired) electrons. The second kappa shape index (κ2) is 4.44. The van der Waals surface area contributed by atoms with Gasteiger partial charge in [-0.3, -0.25) is 0 Å². The summed E-state index contributed by atoms with van der Waals surface area (Å²) in [5.74, 6) is 0.946. The molecular weight excluding hydrogens is 278 g/mol. The average Bonchev–Trinajstić information content (AvgIpc) is 3.08. The van der Waals surface area contributed by atoms with Crippen LogP contribution in [0.25, 0.3) is 31.8 Å². The number of hydrogen-bond acceptors (Lipinski definition) is 3. The summed E-state index contributed by atoms with van der Waals surface area (Å²) >= 11 is 1.74. The zero-order valence-corrected chi connectivity index (χ0v) is 12.2. The molecule has 0 saturated carbocycles. The highest BCUT2D eigenvalue weighted by Gasteiger charge is 2.13. The van der Waals surface area contributed by atoms with Gasteiger partial charge >= 0.3 is 0 Å². The molecule has 0 amide bonds. The number of thiophene rings is 1. The second-order valence-electron chi connectivity index (χ2n) is 4.96. The lowest BCUT2D eigenvalue weighted by atomic mass is 10.2. The van der Waals surface area contributed by atoms with Crippen LogP contribution in [-0.2, 0) is 7.05 Å². The van der Waals surface area contributed by atoms with E-state index in [1.807, 2.05) is 31.3 Å². The summed E-state index contributed by atoms with van der Waals surface area (Å²) in [5, 5.41) is 10.3. The number of aryl methyl sites for hydroxylation is 1. The zero-order chi connectivity index (χ0) is 14.4. The maximum atomic E-state index is 9.03. The van der Waals surface area contributed by atoms with Crippen molar-refractivity contribution in [2.24, 2.45) is 7.05 Å². The number of nitriles is 1. The van der Waals surface area contributed by atoms with E-state index in [9.17, 15) is 0 Å². The number of aromatic nitrogens is 2. The average molecular weight is 289 g/mol. The van der Waals surface area contributed by atoms with Gasteiger partial charge < -0.3 is 4.57 Å². The summed E-state index contributed by atoms with van der Waals surface area (Å²) in [6, 6.07) is 18.3. The Labute approximate surface area is 125 Å². The lowest BCUT2D eigenvalue weighted by Crippen LogP contribution is -1.90. The molecule has 0 N–H and O–H groups in total. The molecule has 21 heavy (non-hydrogen) atoms. The van der Waals surface area contributed by atoms with E-state index in [-0.39, 0.29) is 0 Å². The molecule has 0 aliphatic heterocycles. The van der Waals surface area contributed by atoms with Gasteiger partial charge in [-0.2, -0.15) is 5.26 Å². The first-order valence-corrected chi connectivity index (χ1v) is 7.43. The molecule has 0 atom stereocenters. The molecule has 4 heteroatoms. The predicted molar refractivity (Wildman–Crippen MR) is 86.2 cm³/mol. The van der Waals surface area contributed by atoms with E-state index in [1.54, 1.807) is 11.3 Å². The highest BCUT2D eigenvalue weighted by Crippen LogP contribution is 2.34. The standard InChI is InChI=1S/C17H11N3S/c1-20-14-8-11(10-18)6-7-13(14)19-17(20)16-9-12-4-2-3-5-15(12)21-16/h2-9H,1H3. The summed E-state index contributed by atoms with van der Waals surface area (Å²) in [5.41, 5.74) is 2.57.